The Morgan fingerprint density at radius 3 is 2.41 bits per heavy atom. The maximum atomic E-state index is 10.6. The molecule has 1 saturated heterocycles. The van der Waals surface area contributed by atoms with Crippen LogP contribution in [0.2, 0.25) is 0 Å². The van der Waals surface area contributed by atoms with Crippen LogP contribution in [0.1, 0.15) is 49.8 Å². The summed E-state index contributed by atoms with van der Waals surface area (Å²) in [5.41, 5.74) is 2.05. The molecule has 1 fully saturated rings. The molecule has 1 heterocycles. The Hall–Kier alpha value is -2.96. The fraction of sp³-hybridized carbons (Fsp3) is 0.385. The quantitative estimate of drug-likeness (QED) is 0.222. The van der Waals surface area contributed by atoms with Gasteiger partial charge in [-0.15, -0.1) is 0 Å². The number of hydrogen-bond donors (Lipinski definition) is 1. The third-order valence-electron chi connectivity index (χ3n) is 5.30. The van der Waals surface area contributed by atoms with E-state index in [1.807, 2.05) is 73.7 Å². The minimum Gasteiger partial charge on any atom is -0.481 e. The van der Waals surface area contributed by atoms with Crippen LogP contribution in [0.3, 0.4) is 0 Å². The molecule has 1 aliphatic heterocycles. The molecular formula is C26H31NO5. The van der Waals surface area contributed by atoms with Crippen molar-refractivity contribution in [2.24, 2.45) is 11.1 Å². The Labute approximate surface area is 189 Å². The molecule has 170 valence electrons. The van der Waals surface area contributed by atoms with E-state index in [1.54, 1.807) is 6.21 Å². The topological polar surface area (TPSA) is 77.4 Å². The highest BCUT2D eigenvalue weighted by Gasteiger charge is 2.28. The minimum atomic E-state index is -0.762. The number of carboxylic acids is 1. The van der Waals surface area contributed by atoms with E-state index in [0.717, 1.165) is 24.0 Å². The number of hydrogen-bond acceptors (Lipinski definition) is 5. The first-order chi connectivity index (χ1) is 15.6. The van der Waals surface area contributed by atoms with Gasteiger partial charge in [0.05, 0.1) is 12.8 Å². The second-order valence-corrected chi connectivity index (χ2v) is 7.82. The Morgan fingerprint density at radius 1 is 1.12 bits per heavy atom. The number of carbonyl (C=O) groups is 1. The zero-order valence-corrected chi connectivity index (χ0v) is 18.4. The predicted molar refractivity (Wildman–Crippen MR) is 123 cm³/mol. The van der Waals surface area contributed by atoms with Crippen LogP contribution in [0, 0.1) is 5.92 Å². The Balaban J connectivity index is 1.61. The van der Waals surface area contributed by atoms with Crippen molar-refractivity contribution in [3.05, 3.63) is 83.9 Å². The van der Waals surface area contributed by atoms with Crippen LogP contribution in [0.25, 0.3) is 0 Å². The molecule has 0 aliphatic carbocycles. The Kier molecular flexibility index (Phi) is 9.47. The van der Waals surface area contributed by atoms with E-state index in [0.29, 0.717) is 13.0 Å². The van der Waals surface area contributed by atoms with E-state index >= 15 is 0 Å². The zero-order chi connectivity index (χ0) is 22.6. The number of allylic oxidation sites excluding steroid dienone is 2. The number of oxime groups is 1. The molecule has 2 aromatic carbocycles. The average molecular weight is 438 g/mol. The lowest BCUT2D eigenvalue weighted by atomic mass is 9.98. The first kappa shape index (κ1) is 23.7. The number of benzene rings is 2. The van der Waals surface area contributed by atoms with Crippen LogP contribution in [0.4, 0.5) is 0 Å². The highest BCUT2D eigenvalue weighted by molar-refractivity contribution is 5.66. The summed E-state index contributed by atoms with van der Waals surface area (Å²) in [5.74, 6) is -0.650. The summed E-state index contributed by atoms with van der Waals surface area (Å²) in [6.45, 7) is 2.44. The van der Waals surface area contributed by atoms with Crippen LogP contribution >= 0.6 is 0 Å². The van der Waals surface area contributed by atoms with Crippen LogP contribution in [0.5, 0.6) is 0 Å². The van der Waals surface area contributed by atoms with Gasteiger partial charge in [0.1, 0.15) is 6.10 Å². The SMILES string of the molecule is C[C@@H]1OC[C@H](C/C=C\CCCC(=O)O)[C@H](C=NOC(c2ccccc2)c2ccccc2)O1. The second kappa shape index (κ2) is 12.8. The van der Waals surface area contributed by atoms with E-state index in [2.05, 4.69) is 11.2 Å². The number of nitrogens with zero attached hydrogens (tertiary/aromatic N) is 1. The van der Waals surface area contributed by atoms with Crippen molar-refractivity contribution in [1.29, 1.82) is 0 Å². The maximum absolute atomic E-state index is 10.6. The molecule has 1 N–H and O–H groups in total. The first-order valence-electron chi connectivity index (χ1n) is 11.1. The Bertz CT molecular complexity index is 829. The molecule has 0 aromatic heterocycles. The largest absolute Gasteiger partial charge is 0.481 e. The average Bonchev–Trinajstić information content (AvgIpc) is 2.81. The summed E-state index contributed by atoms with van der Waals surface area (Å²) < 4.78 is 11.6. The number of carboxylic acid groups (broad SMARTS) is 1. The molecule has 0 unspecified atom stereocenters. The van der Waals surface area contributed by atoms with Crippen molar-refractivity contribution in [2.45, 2.75) is 51.1 Å². The van der Waals surface area contributed by atoms with Gasteiger partial charge in [-0.05, 0) is 37.3 Å². The van der Waals surface area contributed by atoms with Gasteiger partial charge in [-0.3, -0.25) is 4.79 Å². The van der Waals surface area contributed by atoms with Crippen molar-refractivity contribution < 1.29 is 24.2 Å². The van der Waals surface area contributed by atoms with E-state index in [-0.39, 0.29) is 30.8 Å². The summed E-state index contributed by atoms with van der Waals surface area (Å²) >= 11 is 0. The van der Waals surface area contributed by atoms with Gasteiger partial charge in [-0.2, -0.15) is 0 Å². The third kappa shape index (κ3) is 7.62. The molecule has 0 amide bonds. The zero-order valence-electron chi connectivity index (χ0n) is 18.4. The molecule has 0 saturated carbocycles. The van der Waals surface area contributed by atoms with Crippen LogP contribution < -0.4 is 0 Å². The summed E-state index contributed by atoms with van der Waals surface area (Å²) in [5, 5.41) is 13.0. The molecule has 2 aromatic rings. The Morgan fingerprint density at radius 2 is 1.78 bits per heavy atom. The van der Waals surface area contributed by atoms with Crippen molar-refractivity contribution in [3.63, 3.8) is 0 Å². The van der Waals surface area contributed by atoms with Gasteiger partial charge < -0.3 is 19.4 Å². The van der Waals surface area contributed by atoms with Crippen molar-refractivity contribution in [3.8, 4) is 0 Å². The summed E-state index contributed by atoms with van der Waals surface area (Å²) in [7, 11) is 0. The third-order valence-corrected chi connectivity index (χ3v) is 5.30. The van der Waals surface area contributed by atoms with Gasteiger partial charge >= 0.3 is 5.97 Å². The van der Waals surface area contributed by atoms with Crippen LogP contribution in [-0.2, 0) is 19.1 Å². The van der Waals surface area contributed by atoms with Crippen molar-refractivity contribution in [1.82, 2.24) is 0 Å². The molecule has 0 radical (unpaired) electrons. The summed E-state index contributed by atoms with van der Waals surface area (Å²) in [6.07, 6.45) is 7.30. The highest BCUT2D eigenvalue weighted by atomic mass is 16.7. The molecule has 6 nitrogen and oxygen atoms in total. The molecule has 3 rings (SSSR count). The van der Waals surface area contributed by atoms with Gasteiger partial charge in [-0.1, -0.05) is 78.0 Å². The lowest BCUT2D eigenvalue weighted by molar-refractivity contribution is -0.207. The number of ether oxygens (including phenoxy) is 2. The van der Waals surface area contributed by atoms with Crippen LogP contribution in [-0.4, -0.2) is 36.3 Å². The van der Waals surface area contributed by atoms with Gasteiger partial charge in [0.15, 0.2) is 12.4 Å². The predicted octanol–water partition coefficient (Wildman–Crippen LogP) is 5.36. The number of rotatable bonds is 11. The summed E-state index contributed by atoms with van der Waals surface area (Å²) in [6, 6.07) is 20.0. The van der Waals surface area contributed by atoms with Crippen LogP contribution in [0.15, 0.2) is 78.0 Å². The standard InChI is InChI=1S/C26H31NO5/c1-20-30-19-23(16-6-2-3-11-17-25(28)29)24(31-20)18-27-32-26(21-12-7-4-8-13-21)22-14-9-5-10-15-22/h2,4-10,12-15,18,20,23-24,26H,3,11,16-17,19H2,1H3,(H,28,29)/b6-2-,27-18?/t20-,23+,24+/m1/s1. The lowest BCUT2D eigenvalue weighted by Gasteiger charge is -2.32. The lowest BCUT2D eigenvalue weighted by Crippen LogP contribution is -2.39. The molecule has 1 aliphatic rings. The number of unbranched alkanes of at least 4 members (excludes halogenated alkanes) is 1. The van der Waals surface area contributed by atoms with Crippen molar-refractivity contribution in [2.75, 3.05) is 6.61 Å². The van der Waals surface area contributed by atoms with E-state index in [1.165, 1.54) is 0 Å². The second-order valence-electron chi connectivity index (χ2n) is 7.82. The molecule has 32 heavy (non-hydrogen) atoms. The molecule has 0 spiro atoms. The molecule has 6 heteroatoms. The molecule has 0 bridgehead atoms. The molecule has 3 atom stereocenters. The highest BCUT2D eigenvalue weighted by Crippen LogP contribution is 2.27. The molecular weight excluding hydrogens is 406 g/mol. The van der Waals surface area contributed by atoms with Gasteiger partial charge in [0, 0.05) is 12.3 Å². The monoisotopic (exact) mass is 437 g/mol. The summed E-state index contributed by atoms with van der Waals surface area (Å²) in [4.78, 5) is 16.6. The van der Waals surface area contributed by atoms with Crippen molar-refractivity contribution >= 4 is 12.2 Å². The number of aliphatic carboxylic acids is 1. The fourth-order valence-electron chi connectivity index (χ4n) is 3.57. The van der Waals surface area contributed by atoms with E-state index in [4.69, 9.17) is 19.4 Å². The smallest absolute Gasteiger partial charge is 0.303 e. The normalized spacial score (nSPS) is 21.4. The fourth-order valence-corrected chi connectivity index (χ4v) is 3.57. The minimum absolute atomic E-state index is 0.112. The maximum Gasteiger partial charge on any atom is 0.303 e. The first-order valence-corrected chi connectivity index (χ1v) is 11.1. The van der Waals surface area contributed by atoms with Gasteiger partial charge in [-0.25, -0.2) is 0 Å². The van der Waals surface area contributed by atoms with E-state index < -0.39 is 5.97 Å². The van der Waals surface area contributed by atoms with E-state index in [9.17, 15) is 4.79 Å². The van der Waals surface area contributed by atoms with Gasteiger partial charge in [0.25, 0.3) is 0 Å². The van der Waals surface area contributed by atoms with Gasteiger partial charge in [0.2, 0.25) is 0 Å².